The van der Waals surface area contributed by atoms with Crippen molar-refractivity contribution in [3.05, 3.63) is 11.9 Å². The molecule has 5 heteroatoms. The summed E-state index contributed by atoms with van der Waals surface area (Å²) in [6.45, 7) is 7.55. The second-order valence-electron chi connectivity index (χ2n) is 6.58. The van der Waals surface area contributed by atoms with E-state index >= 15 is 0 Å². The molecule has 112 valence electrons. The molecule has 1 atom stereocenters. The van der Waals surface area contributed by atoms with Crippen LogP contribution in [0, 0.1) is 0 Å². The van der Waals surface area contributed by atoms with Crippen molar-refractivity contribution in [3.63, 3.8) is 0 Å². The van der Waals surface area contributed by atoms with E-state index in [9.17, 15) is 0 Å². The van der Waals surface area contributed by atoms with E-state index in [1.165, 1.54) is 6.42 Å². The van der Waals surface area contributed by atoms with Gasteiger partial charge in [0.15, 0.2) is 0 Å². The summed E-state index contributed by atoms with van der Waals surface area (Å²) >= 11 is 0. The molecule has 0 radical (unpaired) electrons. The number of hydrogen-bond acceptors (Lipinski definition) is 5. The van der Waals surface area contributed by atoms with Crippen LogP contribution >= 0.6 is 0 Å². The molecule has 1 fully saturated rings. The summed E-state index contributed by atoms with van der Waals surface area (Å²) in [5.74, 6) is 2.26. The zero-order valence-electron chi connectivity index (χ0n) is 12.8. The standard InChI is InChI=1S/C15H26N4O/c1-15(2,3)14-17-12(16)10-13(18-14)19-8-4-6-11(19)7-5-9-20/h10-11,20H,4-9H2,1-3H3,(H2,16,17,18). The maximum atomic E-state index is 9.01. The van der Waals surface area contributed by atoms with Crippen molar-refractivity contribution in [1.29, 1.82) is 0 Å². The molecular weight excluding hydrogens is 252 g/mol. The lowest BCUT2D eigenvalue weighted by Gasteiger charge is -2.27. The van der Waals surface area contributed by atoms with Crippen LogP contribution in [0.25, 0.3) is 0 Å². The van der Waals surface area contributed by atoms with Gasteiger partial charge in [0.25, 0.3) is 0 Å². The van der Waals surface area contributed by atoms with Gasteiger partial charge in [-0.3, -0.25) is 0 Å². The Labute approximate surface area is 121 Å². The molecule has 20 heavy (non-hydrogen) atoms. The number of aliphatic hydroxyl groups excluding tert-OH is 1. The Hall–Kier alpha value is -1.36. The van der Waals surface area contributed by atoms with Gasteiger partial charge in [-0.25, -0.2) is 9.97 Å². The highest BCUT2D eigenvalue weighted by Crippen LogP contribution is 2.29. The molecule has 2 heterocycles. The summed E-state index contributed by atoms with van der Waals surface area (Å²) in [4.78, 5) is 11.4. The molecule has 2 rings (SSSR count). The number of nitrogens with two attached hydrogens (primary N) is 1. The molecule has 3 N–H and O–H groups in total. The number of aliphatic hydroxyl groups is 1. The van der Waals surface area contributed by atoms with Gasteiger partial charge >= 0.3 is 0 Å². The summed E-state index contributed by atoms with van der Waals surface area (Å²) in [6, 6.07) is 2.33. The minimum absolute atomic E-state index is 0.107. The Bertz CT molecular complexity index is 456. The van der Waals surface area contributed by atoms with Gasteiger partial charge in [0.2, 0.25) is 0 Å². The first-order chi connectivity index (χ1) is 9.41. The molecule has 0 saturated carbocycles. The zero-order valence-corrected chi connectivity index (χ0v) is 12.8. The van der Waals surface area contributed by atoms with Gasteiger partial charge in [-0.15, -0.1) is 0 Å². The number of rotatable bonds is 4. The predicted molar refractivity (Wildman–Crippen MR) is 81.8 cm³/mol. The smallest absolute Gasteiger partial charge is 0.138 e. The van der Waals surface area contributed by atoms with Crippen molar-refractivity contribution < 1.29 is 5.11 Å². The van der Waals surface area contributed by atoms with E-state index in [1.54, 1.807) is 0 Å². The fourth-order valence-electron chi connectivity index (χ4n) is 2.70. The fraction of sp³-hybridized carbons (Fsp3) is 0.733. The topological polar surface area (TPSA) is 75.3 Å². The van der Waals surface area contributed by atoms with Gasteiger partial charge in [-0.1, -0.05) is 20.8 Å². The van der Waals surface area contributed by atoms with Crippen LogP contribution in [0.1, 0.15) is 52.3 Å². The molecule has 1 unspecified atom stereocenters. The van der Waals surface area contributed by atoms with Gasteiger partial charge in [-0.2, -0.15) is 0 Å². The van der Waals surface area contributed by atoms with E-state index in [2.05, 4.69) is 30.7 Å². The Morgan fingerprint density at radius 1 is 1.40 bits per heavy atom. The quantitative estimate of drug-likeness (QED) is 0.882. The average Bonchev–Trinajstić information content (AvgIpc) is 2.82. The Kier molecular flexibility index (Phi) is 4.48. The lowest BCUT2D eigenvalue weighted by Crippen LogP contribution is -2.31. The van der Waals surface area contributed by atoms with Crippen molar-refractivity contribution >= 4 is 11.6 Å². The van der Waals surface area contributed by atoms with Crippen LogP contribution in [0.5, 0.6) is 0 Å². The second-order valence-corrected chi connectivity index (χ2v) is 6.58. The zero-order chi connectivity index (χ0) is 14.8. The van der Waals surface area contributed by atoms with Crippen molar-refractivity contribution in [2.45, 2.75) is 57.9 Å². The first-order valence-electron chi connectivity index (χ1n) is 7.44. The fourth-order valence-corrected chi connectivity index (χ4v) is 2.70. The molecule has 1 aromatic heterocycles. The van der Waals surface area contributed by atoms with Gasteiger partial charge < -0.3 is 15.7 Å². The SMILES string of the molecule is CC(C)(C)c1nc(N)cc(N2CCCC2CCCO)n1. The highest BCUT2D eigenvalue weighted by Gasteiger charge is 2.27. The molecule has 5 nitrogen and oxygen atoms in total. The third kappa shape index (κ3) is 3.39. The lowest BCUT2D eigenvalue weighted by molar-refractivity contribution is 0.279. The lowest BCUT2D eigenvalue weighted by atomic mass is 9.96. The van der Waals surface area contributed by atoms with Gasteiger partial charge in [0.1, 0.15) is 17.5 Å². The first-order valence-corrected chi connectivity index (χ1v) is 7.44. The largest absolute Gasteiger partial charge is 0.396 e. The van der Waals surface area contributed by atoms with Gasteiger partial charge in [-0.05, 0) is 25.7 Å². The summed E-state index contributed by atoms with van der Waals surface area (Å²) in [5, 5.41) is 9.01. The molecule has 1 aliphatic heterocycles. The molecule has 1 saturated heterocycles. The van der Waals surface area contributed by atoms with Crippen LogP contribution in [-0.2, 0) is 5.41 Å². The van der Waals surface area contributed by atoms with E-state index in [4.69, 9.17) is 15.8 Å². The van der Waals surface area contributed by atoms with Crippen molar-refractivity contribution in [2.24, 2.45) is 0 Å². The summed E-state index contributed by atoms with van der Waals surface area (Å²) in [6.07, 6.45) is 4.18. The number of aromatic nitrogens is 2. The van der Waals surface area contributed by atoms with E-state index < -0.39 is 0 Å². The van der Waals surface area contributed by atoms with Crippen LogP contribution in [0.4, 0.5) is 11.6 Å². The molecule has 0 aliphatic carbocycles. The monoisotopic (exact) mass is 278 g/mol. The third-order valence-electron chi connectivity index (χ3n) is 3.77. The third-order valence-corrected chi connectivity index (χ3v) is 3.77. The van der Waals surface area contributed by atoms with Crippen molar-refractivity contribution in [3.8, 4) is 0 Å². The molecule has 1 aromatic rings. The van der Waals surface area contributed by atoms with E-state index in [1.807, 2.05) is 6.07 Å². The Morgan fingerprint density at radius 2 is 2.15 bits per heavy atom. The Balaban J connectivity index is 2.25. The number of anilines is 2. The molecule has 0 amide bonds. The minimum Gasteiger partial charge on any atom is -0.396 e. The van der Waals surface area contributed by atoms with Crippen LogP contribution in [-0.4, -0.2) is 34.3 Å². The van der Waals surface area contributed by atoms with Crippen molar-refractivity contribution in [2.75, 3.05) is 23.8 Å². The molecule has 1 aliphatic rings. The number of hydrogen-bond donors (Lipinski definition) is 2. The molecular formula is C15H26N4O. The average molecular weight is 278 g/mol. The summed E-state index contributed by atoms with van der Waals surface area (Å²) in [7, 11) is 0. The van der Waals surface area contributed by atoms with Gasteiger partial charge in [0, 0.05) is 30.7 Å². The minimum atomic E-state index is -0.107. The summed E-state index contributed by atoms with van der Waals surface area (Å²) < 4.78 is 0. The predicted octanol–water partition coefficient (Wildman–Crippen LogP) is 2.10. The highest BCUT2D eigenvalue weighted by atomic mass is 16.2. The second kappa shape index (κ2) is 5.95. The maximum Gasteiger partial charge on any atom is 0.138 e. The number of nitrogen functional groups attached to an aromatic ring is 1. The molecule has 0 bridgehead atoms. The van der Waals surface area contributed by atoms with Crippen LogP contribution in [0.2, 0.25) is 0 Å². The van der Waals surface area contributed by atoms with E-state index in [-0.39, 0.29) is 12.0 Å². The normalized spacial score (nSPS) is 19.6. The van der Waals surface area contributed by atoms with Crippen LogP contribution in [0.3, 0.4) is 0 Å². The highest BCUT2D eigenvalue weighted by molar-refractivity contribution is 5.49. The maximum absolute atomic E-state index is 9.01. The molecule has 0 aromatic carbocycles. The Morgan fingerprint density at radius 3 is 2.80 bits per heavy atom. The first kappa shape index (κ1) is 15.0. The summed E-state index contributed by atoms with van der Waals surface area (Å²) in [5.41, 5.74) is 5.84. The van der Waals surface area contributed by atoms with E-state index in [0.29, 0.717) is 11.9 Å². The van der Waals surface area contributed by atoms with Crippen LogP contribution < -0.4 is 10.6 Å². The van der Waals surface area contributed by atoms with E-state index in [0.717, 1.165) is 37.4 Å². The van der Waals surface area contributed by atoms with Crippen LogP contribution in [0.15, 0.2) is 6.07 Å². The molecule has 0 spiro atoms. The number of nitrogens with zero attached hydrogens (tertiary/aromatic N) is 3. The van der Waals surface area contributed by atoms with Gasteiger partial charge in [0.05, 0.1) is 0 Å². The van der Waals surface area contributed by atoms with Crippen molar-refractivity contribution in [1.82, 2.24) is 9.97 Å².